The third kappa shape index (κ3) is 4.89. The molecular weight excluding hydrogens is 426 g/mol. The van der Waals surface area contributed by atoms with Crippen molar-refractivity contribution in [2.45, 2.75) is 6.92 Å². The van der Waals surface area contributed by atoms with E-state index in [9.17, 15) is 4.79 Å². The van der Waals surface area contributed by atoms with Crippen molar-refractivity contribution >= 4 is 28.9 Å². The summed E-state index contributed by atoms with van der Waals surface area (Å²) in [6, 6.07) is 14.1. The number of aromatic nitrogens is 2. The highest BCUT2D eigenvalue weighted by atomic mass is 35.5. The summed E-state index contributed by atoms with van der Waals surface area (Å²) in [7, 11) is 3.43. The molecule has 1 N–H and O–H groups in total. The first-order chi connectivity index (χ1) is 15.4. The number of carbonyl (C=O) groups excluding carboxylic acids is 1. The van der Waals surface area contributed by atoms with Crippen molar-refractivity contribution in [3.05, 3.63) is 59.2 Å². The van der Waals surface area contributed by atoms with Crippen molar-refractivity contribution in [1.82, 2.24) is 14.7 Å². The maximum Gasteiger partial charge on any atom is 0.238 e. The predicted molar refractivity (Wildman–Crippen MR) is 129 cm³/mol. The molecule has 0 unspecified atom stereocenters. The lowest BCUT2D eigenvalue weighted by Crippen LogP contribution is -2.48. The minimum absolute atomic E-state index is 0.0405. The SMILES string of the molecule is COc1ccc(NC(=O)CN2CCN(c3cccc(C)c3)CC2)cc1-c1c(Cl)cnn1C. The first-order valence-electron chi connectivity index (χ1n) is 10.6. The van der Waals surface area contributed by atoms with E-state index >= 15 is 0 Å². The van der Waals surface area contributed by atoms with Crippen LogP contribution in [0.5, 0.6) is 5.75 Å². The second kappa shape index (κ2) is 9.63. The molecular formula is C24H28ClN5O2. The predicted octanol–water partition coefficient (Wildman–Crippen LogP) is 3.82. The number of aryl methyl sites for hydroxylation is 2. The molecule has 3 aromatic rings. The largest absolute Gasteiger partial charge is 0.496 e. The zero-order valence-electron chi connectivity index (χ0n) is 18.6. The fraction of sp³-hybridized carbons (Fsp3) is 0.333. The molecule has 2 heterocycles. The summed E-state index contributed by atoms with van der Waals surface area (Å²) in [4.78, 5) is 17.3. The van der Waals surface area contributed by atoms with Crippen LogP contribution in [0.25, 0.3) is 11.3 Å². The van der Waals surface area contributed by atoms with Gasteiger partial charge in [-0.2, -0.15) is 5.10 Å². The highest BCUT2D eigenvalue weighted by molar-refractivity contribution is 6.33. The Morgan fingerprint density at radius 2 is 1.94 bits per heavy atom. The van der Waals surface area contributed by atoms with Crippen molar-refractivity contribution in [3.63, 3.8) is 0 Å². The van der Waals surface area contributed by atoms with Gasteiger partial charge in [0, 0.05) is 50.2 Å². The Labute approximate surface area is 193 Å². The number of hydrogen-bond donors (Lipinski definition) is 1. The monoisotopic (exact) mass is 453 g/mol. The summed E-state index contributed by atoms with van der Waals surface area (Å²) in [5, 5.41) is 7.74. The number of nitrogens with zero attached hydrogens (tertiary/aromatic N) is 4. The lowest BCUT2D eigenvalue weighted by atomic mass is 10.1. The number of rotatable bonds is 6. The molecule has 1 aliphatic rings. The third-order valence-corrected chi connectivity index (χ3v) is 6.02. The van der Waals surface area contributed by atoms with Gasteiger partial charge in [0.15, 0.2) is 0 Å². The van der Waals surface area contributed by atoms with Gasteiger partial charge >= 0.3 is 0 Å². The van der Waals surface area contributed by atoms with Crippen molar-refractivity contribution in [2.24, 2.45) is 7.05 Å². The summed E-state index contributed by atoms with van der Waals surface area (Å²) >= 11 is 6.32. The average Bonchev–Trinajstić information content (AvgIpc) is 3.12. The van der Waals surface area contributed by atoms with Crippen LogP contribution < -0.4 is 15.0 Å². The van der Waals surface area contributed by atoms with Crippen LogP contribution in [0, 0.1) is 6.92 Å². The fourth-order valence-corrected chi connectivity index (χ4v) is 4.34. The molecule has 7 nitrogen and oxygen atoms in total. The van der Waals surface area contributed by atoms with E-state index in [0.717, 1.165) is 37.4 Å². The highest BCUT2D eigenvalue weighted by Crippen LogP contribution is 2.36. The number of anilines is 2. The number of piperazine rings is 1. The zero-order valence-corrected chi connectivity index (χ0v) is 19.4. The Bertz CT molecular complexity index is 1090. The number of carbonyl (C=O) groups is 1. The van der Waals surface area contributed by atoms with Crippen LogP contribution in [0.1, 0.15) is 5.56 Å². The topological polar surface area (TPSA) is 62.6 Å². The summed E-state index contributed by atoms with van der Waals surface area (Å²) in [6.07, 6.45) is 1.60. The van der Waals surface area contributed by atoms with Gasteiger partial charge in [-0.05, 0) is 42.8 Å². The molecule has 4 rings (SSSR count). The van der Waals surface area contributed by atoms with Crippen LogP contribution in [-0.2, 0) is 11.8 Å². The van der Waals surface area contributed by atoms with Crippen LogP contribution in [0.15, 0.2) is 48.7 Å². The maximum atomic E-state index is 12.7. The summed E-state index contributed by atoms with van der Waals surface area (Å²) in [6.45, 7) is 5.97. The Morgan fingerprint density at radius 3 is 2.59 bits per heavy atom. The first kappa shape index (κ1) is 22.2. The van der Waals surface area contributed by atoms with Gasteiger partial charge in [-0.25, -0.2) is 0 Å². The van der Waals surface area contributed by atoms with Gasteiger partial charge in [-0.15, -0.1) is 0 Å². The lowest BCUT2D eigenvalue weighted by Gasteiger charge is -2.35. The first-order valence-corrected chi connectivity index (χ1v) is 11.0. The number of halogens is 1. The lowest BCUT2D eigenvalue weighted by molar-refractivity contribution is -0.117. The molecule has 0 radical (unpaired) electrons. The highest BCUT2D eigenvalue weighted by Gasteiger charge is 2.20. The summed E-state index contributed by atoms with van der Waals surface area (Å²) < 4.78 is 7.18. The minimum Gasteiger partial charge on any atom is -0.496 e. The van der Waals surface area contributed by atoms with Crippen molar-refractivity contribution in [3.8, 4) is 17.0 Å². The third-order valence-electron chi connectivity index (χ3n) is 5.74. The number of nitrogens with one attached hydrogen (secondary N) is 1. The quantitative estimate of drug-likeness (QED) is 0.614. The minimum atomic E-state index is -0.0405. The molecule has 8 heteroatoms. The van der Waals surface area contributed by atoms with Gasteiger partial charge in [0.1, 0.15) is 5.75 Å². The molecule has 2 aromatic carbocycles. The van der Waals surface area contributed by atoms with Crippen LogP contribution in [0.2, 0.25) is 5.02 Å². The molecule has 0 aliphatic carbocycles. The van der Waals surface area contributed by atoms with Gasteiger partial charge < -0.3 is 15.0 Å². The number of methoxy groups -OCH3 is 1. The zero-order chi connectivity index (χ0) is 22.7. The Balaban J connectivity index is 1.38. The molecule has 32 heavy (non-hydrogen) atoms. The van der Waals surface area contributed by atoms with Gasteiger partial charge in [0.05, 0.1) is 30.6 Å². The molecule has 1 amide bonds. The molecule has 0 atom stereocenters. The number of benzene rings is 2. The van der Waals surface area contributed by atoms with E-state index in [1.807, 2.05) is 25.2 Å². The van der Waals surface area contributed by atoms with Gasteiger partial charge in [-0.3, -0.25) is 14.4 Å². The van der Waals surface area contributed by atoms with E-state index in [1.165, 1.54) is 11.3 Å². The van der Waals surface area contributed by atoms with Gasteiger partial charge in [0.2, 0.25) is 5.91 Å². The standard InChI is InChI=1S/C24H28ClN5O2/c1-17-5-4-6-19(13-17)30-11-9-29(10-12-30)16-23(31)27-18-7-8-22(32-3)20(14-18)24-21(25)15-26-28(24)2/h4-8,13-15H,9-12,16H2,1-3H3,(H,27,31). The maximum absolute atomic E-state index is 12.7. The van der Waals surface area contributed by atoms with Crippen LogP contribution in [0.4, 0.5) is 11.4 Å². The van der Waals surface area contributed by atoms with Crippen LogP contribution in [0.3, 0.4) is 0 Å². The summed E-state index contributed by atoms with van der Waals surface area (Å²) in [5.41, 5.74) is 4.72. The van der Waals surface area contributed by atoms with E-state index in [0.29, 0.717) is 23.0 Å². The van der Waals surface area contributed by atoms with Gasteiger partial charge in [0.25, 0.3) is 0 Å². The summed E-state index contributed by atoms with van der Waals surface area (Å²) in [5.74, 6) is 0.627. The molecule has 1 aliphatic heterocycles. The Kier molecular flexibility index (Phi) is 6.67. The normalized spacial score (nSPS) is 14.4. The number of amides is 1. The molecule has 1 aromatic heterocycles. The number of hydrogen-bond acceptors (Lipinski definition) is 5. The molecule has 0 bridgehead atoms. The van der Waals surface area contributed by atoms with E-state index < -0.39 is 0 Å². The second-order valence-corrected chi connectivity index (χ2v) is 8.44. The smallest absolute Gasteiger partial charge is 0.238 e. The second-order valence-electron chi connectivity index (χ2n) is 8.03. The van der Waals surface area contributed by atoms with E-state index in [4.69, 9.17) is 16.3 Å². The average molecular weight is 454 g/mol. The Hall–Kier alpha value is -3.03. The van der Waals surface area contributed by atoms with E-state index in [2.05, 4.69) is 51.4 Å². The van der Waals surface area contributed by atoms with Crippen LogP contribution in [-0.4, -0.2) is 60.4 Å². The molecule has 168 valence electrons. The van der Waals surface area contributed by atoms with Crippen molar-refractivity contribution < 1.29 is 9.53 Å². The Morgan fingerprint density at radius 1 is 1.16 bits per heavy atom. The molecule has 0 saturated carbocycles. The number of ether oxygens (including phenoxy) is 1. The van der Waals surface area contributed by atoms with Crippen LogP contribution >= 0.6 is 11.6 Å². The van der Waals surface area contributed by atoms with Crippen molar-refractivity contribution in [1.29, 1.82) is 0 Å². The molecule has 1 fully saturated rings. The van der Waals surface area contributed by atoms with Crippen molar-refractivity contribution in [2.75, 3.05) is 50.1 Å². The molecule has 1 saturated heterocycles. The fourth-order valence-electron chi connectivity index (χ4n) is 4.08. The van der Waals surface area contributed by atoms with E-state index in [1.54, 1.807) is 18.0 Å². The van der Waals surface area contributed by atoms with E-state index in [-0.39, 0.29) is 5.91 Å². The van der Waals surface area contributed by atoms with Gasteiger partial charge in [-0.1, -0.05) is 23.7 Å². The molecule has 0 spiro atoms.